The van der Waals surface area contributed by atoms with Gasteiger partial charge in [-0.25, -0.2) is 4.79 Å². The lowest BCUT2D eigenvalue weighted by Gasteiger charge is -2.21. The quantitative estimate of drug-likeness (QED) is 0.745. The first-order valence-corrected chi connectivity index (χ1v) is 8.45. The summed E-state index contributed by atoms with van der Waals surface area (Å²) in [6.45, 7) is 6.55. The van der Waals surface area contributed by atoms with Gasteiger partial charge in [-0.15, -0.1) is 0 Å². The molecule has 4 heteroatoms. The third kappa shape index (κ3) is 5.95. The zero-order valence-corrected chi connectivity index (χ0v) is 14.5. The zero-order chi connectivity index (χ0) is 17.2. The molecule has 0 fully saturated rings. The lowest BCUT2D eigenvalue weighted by molar-refractivity contribution is 0.197. The summed E-state index contributed by atoms with van der Waals surface area (Å²) in [5.74, 6) is 0.867. The van der Waals surface area contributed by atoms with Gasteiger partial charge in [0.05, 0.1) is 6.61 Å². The normalized spacial score (nSPS) is 10.2. The van der Waals surface area contributed by atoms with Crippen LogP contribution in [0.3, 0.4) is 0 Å². The average Bonchev–Trinajstić information content (AvgIpc) is 2.61. The number of ether oxygens (including phenoxy) is 1. The van der Waals surface area contributed by atoms with E-state index in [1.165, 1.54) is 5.56 Å². The van der Waals surface area contributed by atoms with Gasteiger partial charge in [-0.3, -0.25) is 0 Å². The zero-order valence-electron chi connectivity index (χ0n) is 14.5. The predicted molar refractivity (Wildman–Crippen MR) is 97.2 cm³/mol. The standard InChI is InChI=1S/C20H26N2O2/c1-3-22(16-18-8-5-4-6-9-18)20(23)21-14-7-15-24-19-12-10-17(2)11-13-19/h4-6,8-13H,3,7,14-16H2,1-2H3,(H,21,23). The van der Waals surface area contributed by atoms with Gasteiger partial charge in [0.25, 0.3) is 0 Å². The van der Waals surface area contributed by atoms with Crippen LogP contribution in [-0.4, -0.2) is 30.6 Å². The fourth-order valence-electron chi connectivity index (χ4n) is 2.33. The molecular weight excluding hydrogens is 300 g/mol. The Balaban J connectivity index is 1.66. The first kappa shape index (κ1) is 17.9. The number of carbonyl (C=O) groups excluding carboxylic acids is 1. The lowest BCUT2D eigenvalue weighted by Crippen LogP contribution is -2.40. The summed E-state index contributed by atoms with van der Waals surface area (Å²) in [5, 5.41) is 2.96. The minimum absolute atomic E-state index is 0.0308. The molecule has 0 unspecified atom stereocenters. The first-order valence-electron chi connectivity index (χ1n) is 8.45. The van der Waals surface area contributed by atoms with Gasteiger partial charge in [-0.1, -0.05) is 48.0 Å². The van der Waals surface area contributed by atoms with Crippen LogP contribution < -0.4 is 10.1 Å². The molecule has 0 bridgehead atoms. The highest BCUT2D eigenvalue weighted by Crippen LogP contribution is 2.11. The van der Waals surface area contributed by atoms with E-state index >= 15 is 0 Å². The Kier molecular flexibility index (Phi) is 7.15. The largest absolute Gasteiger partial charge is 0.494 e. The Morgan fingerprint density at radius 2 is 1.79 bits per heavy atom. The van der Waals surface area contributed by atoms with Crippen LogP contribution >= 0.6 is 0 Å². The van der Waals surface area contributed by atoms with Crippen molar-refractivity contribution in [3.05, 3.63) is 65.7 Å². The SMILES string of the molecule is CCN(Cc1ccccc1)C(=O)NCCCOc1ccc(C)cc1. The number of carbonyl (C=O) groups is 1. The van der Waals surface area contributed by atoms with Crippen molar-refractivity contribution in [1.29, 1.82) is 0 Å². The molecule has 0 radical (unpaired) electrons. The molecule has 2 amide bonds. The topological polar surface area (TPSA) is 41.6 Å². The van der Waals surface area contributed by atoms with E-state index in [0.29, 0.717) is 26.2 Å². The Morgan fingerprint density at radius 3 is 2.46 bits per heavy atom. The number of aryl methyl sites for hydroxylation is 1. The second-order valence-electron chi connectivity index (χ2n) is 5.75. The van der Waals surface area contributed by atoms with Gasteiger partial charge in [0.1, 0.15) is 5.75 Å². The number of benzene rings is 2. The number of hydrogen-bond donors (Lipinski definition) is 1. The summed E-state index contributed by atoms with van der Waals surface area (Å²) >= 11 is 0. The summed E-state index contributed by atoms with van der Waals surface area (Å²) in [6, 6.07) is 18.0. The van der Waals surface area contributed by atoms with Crippen molar-refractivity contribution in [2.24, 2.45) is 0 Å². The fourth-order valence-corrected chi connectivity index (χ4v) is 2.33. The molecular formula is C20H26N2O2. The molecule has 0 saturated heterocycles. The van der Waals surface area contributed by atoms with Crippen LogP contribution in [0.15, 0.2) is 54.6 Å². The fraction of sp³-hybridized carbons (Fsp3) is 0.350. The first-order chi connectivity index (χ1) is 11.7. The highest BCUT2D eigenvalue weighted by Gasteiger charge is 2.10. The van der Waals surface area contributed by atoms with Gasteiger partial charge >= 0.3 is 6.03 Å². The molecule has 0 aliphatic carbocycles. The molecule has 2 aromatic rings. The van der Waals surface area contributed by atoms with Crippen molar-refractivity contribution in [3.63, 3.8) is 0 Å². The van der Waals surface area contributed by atoms with Crippen LogP contribution in [0.5, 0.6) is 5.75 Å². The maximum absolute atomic E-state index is 12.2. The second-order valence-corrected chi connectivity index (χ2v) is 5.75. The molecule has 0 aromatic heterocycles. The van der Waals surface area contributed by atoms with Crippen molar-refractivity contribution < 1.29 is 9.53 Å². The molecule has 4 nitrogen and oxygen atoms in total. The maximum atomic E-state index is 12.2. The summed E-state index contributed by atoms with van der Waals surface area (Å²) in [4.78, 5) is 14.0. The lowest BCUT2D eigenvalue weighted by atomic mass is 10.2. The maximum Gasteiger partial charge on any atom is 0.317 e. The second kappa shape index (κ2) is 9.60. The van der Waals surface area contributed by atoms with Gasteiger partial charge < -0.3 is 15.0 Å². The van der Waals surface area contributed by atoms with Crippen molar-refractivity contribution >= 4 is 6.03 Å². The minimum Gasteiger partial charge on any atom is -0.494 e. The van der Waals surface area contributed by atoms with E-state index in [4.69, 9.17) is 4.74 Å². The van der Waals surface area contributed by atoms with Crippen LogP contribution in [0.1, 0.15) is 24.5 Å². The van der Waals surface area contributed by atoms with Gasteiger partial charge in [0.15, 0.2) is 0 Å². The third-order valence-corrected chi connectivity index (χ3v) is 3.77. The molecule has 0 aliphatic rings. The van der Waals surface area contributed by atoms with Gasteiger partial charge in [-0.2, -0.15) is 0 Å². The van der Waals surface area contributed by atoms with E-state index in [2.05, 4.69) is 5.32 Å². The average molecular weight is 326 g/mol. The van der Waals surface area contributed by atoms with Crippen molar-refractivity contribution in [3.8, 4) is 5.75 Å². The number of nitrogens with zero attached hydrogens (tertiary/aromatic N) is 1. The summed E-state index contributed by atoms with van der Waals surface area (Å²) in [5.41, 5.74) is 2.35. The van der Waals surface area contributed by atoms with E-state index in [1.54, 1.807) is 4.90 Å². The minimum atomic E-state index is -0.0308. The third-order valence-electron chi connectivity index (χ3n) is 3.77. The molecule has 2 aromatic carbocycles. The number of rotatable bonds is 8. The molecule has 128 valence electrons. The van der Waals surface area contributed by atoms with Crippen LogP contribution in [0, 0.1) is 6.92 Å². The van der Waals surface area contributed by atoms with E-state index in [0.717, 1.165) is 17.7 Å². The van der Waals surface area contributed by atoms with Crippen LogP contribution in [0.4, 0.5) is 4.79 Å². The smallest absolute Gasteiger partial charge is 0.317 e. The number of hydrogen-bond acceptors (Lipinski definition) is 2. The van der Waals surface area contributed by atoms with Gasteiger partial charge in [0.2, 0.25) is 0 Å². The summed E-state index contributed by atoms with van der Waals surface area (Å²) < 4.78 is 5.66. The Labute approximate surface area is 144 Å². The molecule has 1 N–H and O–H groups in total. The molecule has 0 heterocycles. The highest BCUT2D eigenvalue weighted by atomic mass is 16.5. The molecule has 2 rings (SSSR count). The van der Waals surface area contributed by atoms with Crippen LogP contribution in [-0.2, 0) is 6.54 Å². The van der Waals surface area contributed by atoms with Crippen molar-refractivity contribution in [2.75, 3.05) is 19.7 Å². The Hall–Kier alpha value is -2.49. The van der Waals surface area contributed by atoms with E-state index < -0.39 is 0 Å². The molecule has 24 heavy (non-hydrogen) atoms. The summed E-state index contributed by atoms with van der Waals surface area (Å²) in [6.07, 6.45) is 0.780. The predicted octanol–water partition coefficient (Wildman–Crippen LogP) is 4.00. The van der Waals surface area contributed by atoms with Gasteiger partial charge in [-0.05, 0) is 38.0 Å². The van der Waals surface area contributed by atoms with Crippen molar-refractivity contribution in [1.82, 2.24) is 10.2 Å². The Morgan fingerprint density at radius 1 is 1.08 bits per heavy atom. The number of urea groups is 1. The van der Waals surface area contributed by atoms with Crippen LogP contribution in [0.2, 0.25) is 0 Å². The number of amides is 2. The molecule has 0 spiro atoms. The monoisotopic (exact) mass is 326 g/mol. The van der Waals surface area contributed by atoms with E-state index in [-0.39, 0.29) is 6.03 Å². The number of nitrogens with one attached hydrogen (secondary N) is 1. The van der Waals surface area contributed by atoms with E-state index in [9.17, 15) is 4.79 Å². The van der Waals surface area contributed by atoms with Crippen LogP contribution in [0.25, 0.3) is 0 Å². The van der Waals surface area contributed by atoms with Crippen molar-refractivity contribution in [2.45, 2.75) is 26.8 Å². The molecule has 0 saturated carbocycles. The Bertz CT molecular complexity index is 611. The highest BCUT2D eigenvalue weighted by molar-refractivity contribution is 5.74. The van der Waals surface area contributed by atoms with E-state index in [1.807, 2.05) is 68.4 Å². The van der Waals surface area contributed by atoms with Gasteiger partial charge in [0, 0.05) is 19.6 Å². The molecule has 0 aliphatic heterocycles. The summed E-state index contributed by atoms with van der Waals surface area (Å²) in [7, 11) is 0. The molecule has 0 atom stereocenters.